The molecule has 0 amide bonds. The van der Waals surface area contributed by atoms with Crippen molar-refractivity contribution in [1.29, 1.82) is 0 Å². The highest BCUT2D eigenvalue weighted by molar-refractivity contribution is 9.11. The SMILES string of the molecule is CCOC(=O)C1=C(C)N=c2s/c(=C\c3cc(Br)c(OC)c(Br)c3)c(=O)n2[C@H]1c1ccccc1. The van der Waals surface area contributed by atoms with Gasteiger partial charge >= 0.3 is 5.97 Å². The van der Waals surface area contributed by atoms with Crippen LogP contribution in [0.15, 0.2) is 72.5 Å². The lowest BCUT2D eigenvalue weighted by molar-refractivity contribution is -0.139. The number of carbonyl (C=O) groups excluding carboxylic acids is 1. The summed E-state index contributed by atoms with van der Waals surface area (Å²) in [5, 5.41) is 0. The van der Waals surface area contributed by atoms with Gasteiger partial charge in [-0.05, 0) is 75.0 Å². The fourth-order valence-corrected chi connectivity index (χ4v) is 6.34. The minimum atomic E-state index is -0.613. The number of thiazole rings is 1. The van der Waals surface area contributed by atoms with Gasteiger partial charge in [-0.15, -0.1) is 0 Å². The molecule has 0 spiro atoms. The molecule has 1 aliphatic rings. The number of benzene rings is 2. The molecule has 0 unspecified atom stereocenters. The van der Waals surface area contributed by atoms with Crippen LogP contribution in [0.2, 0.25) is 0 Å². The van der Waals surface area contributed by atoms with Crippen LogP contribution in [0.25, 0.3) is 6.08 Å². The maximum absolute atomic E-state index is 13.6. The molecule has 170 valence electrons. The maximum atomic E-state index is 13.6. The number of hydrogen-bond acceptors (Lipinski definition) is 6. The predicted octanol–water partition coefficient (Wildman–Crippen LogP) is 4.33. The molecule has 6 nitrogen and oxygen atoms in total. The average molecular weight is 592 g/mol. The first kappa shape index (κ1) is 23.7. The molecule has 1 aromatic heterocycles. The summed E-state index contributed by atoms with van der Waals surface area (Å²) >= 11 is 8.29. The summed E-state index contributed by atoms with van der Waals surface area (Å²) in [6.07, 6.45) is 1.81. The third kappa shape index (κ3) is 4.49. The number of hydrogen-bond donors (Lipinski definition) is 0. The van der Waals surface area contributed by atoms with E-state index < -0.39 is 12.0 Å². The molecule has 0 saturated heterocycles. The molecule has 4 rings (SSSR count). The maximum Gasteiger partial charge on any atom is 0.338 e. The molecule has 1 atom stereocenters. The molecular formula is C24H20Br2N2O4S. The van der Waals surface area contributed by atoms with Crippen LogP contribution in [0.3, 0.4) is 0 Å². The van der Waals surface area contributed by atoms with Gasteiger partial charge in [0.05, 0.1) is 44.5 Å². The predicted molar refractivity (Wildman–Crippen MR) is 135 cm³/mol. The highest BCUT2D eigenvalue weighted by atomic mass is 79.9. The van der Waals surface area contributed by atoms with E-state index >= 15 is 0 Å². The van der Waals surface area contributed by atoms with Crippen LogP contribution in [0.4, 0.5) is 0 Å². The molecule has 3 aromatic rings. The van der Waals surface area contributed by atoms with E-state index in [0.29, 0.717) is 26.4 Å². The Hall–Kier alpha value is -2.49. The minimum absolute atomic E-state index is 0.218. The number of methoxy groups -OCH3 is 1. The van der Waals surface area contributed by atoms with Crippen molar-refractivity contribution < 1.29 is 14.3 Å². The van der Waals surface area contributed by atoms with Crippen molar-refractivity contribution in [1.82, 2.24) is 4.57 Å². The van der Waals surface area contributed by atoms with E-state index in [9.17, 15) is 9.59 Å². The van der Waals surface area contributed by atoms with Crippen molar-refractivity contribution in [3.8, 4) is 5.75 Å². The molecule has 2 heterocycles. The van der Waals surface area contributed by atoms with Gasteiger partial charge in [0, 0.05) is 0 Å². The van der Waals surface area contributed by atoms with Crippen molar-refractivity contribution >= 4 is 55.2 Å². The van der Waals surface area contributed by atoms with Crippen molar-refractivity contribution in [3.05, 3.63) is 93.5 Å². The summed E-state index contributed by atoms with van der Waals surface area (Å²) in [5.41, 5.74) is 2.33. The fourth-order valence-electron chi connectivity index (χ4n) is 3.75. The first-order chi connectivity index (χ1) is 15.8. The van der Waals surface area contributed by atoms with E-state index in [0.717, 1.165) is 20.1 Å². The van der Waals surface area contributed by atoms with Crippen molar-refractivity contribution in [2.75, 3.05) is 13.7 Å². The second-order valence-corrected chi connectivity index (χ2v) is 9.95. The second-order valence-electron chi connectivity index (χ2n) is 7.23. The van der Waals surface area contributed by atoms with Crippen LogP contribution in [0.1, 0.15) is 31.0 Å². The van der Waals surface area contributed by atoms with Crippen LogP contribution >= 0.6 is 43.2 Å². The molecular weight excluding hydrogens is 572 g/mol. The summed E-state index contributed by atoms with van der Waals surface area (Å²) < 4.78 is 14.3. The summed E-state index contributed by atoms with van der Waals surface area (Å²) in [7, 11) is 1.59. The molecule has 2 aromatic carbocycles. The van der Waals surface area contributed by atoms with Gasteiger partial charge in [0.25, 0.3) is 5.56 Å². The van der Waals surface area contributed by atoms with Gasteiger partial charge in [-0.3, -0.25) is 9.36 Å². The third-order valence-electron chi connectivity index (χ3n) is 5.15. The van der Waals surface area contributed by atoms with Crippen molar-refractivity contribution in [3.63, 3.8) is 0 Å². The highest BCUT2D eigenvalue weighted by Gasteiger charge is 2.33. The van der Waals surface area contributed by atoms with Gasteiger partial charge in [0.15, 0.2) is 4.80 Å². The lowest BCUT2D eigenvalue weighted by Gasteiger charge is -2.24. The number of nitrogens with zero attached hydrogens (tertiary/aromatic N) is 2. The number of allylic oxidation sites excluding steroid dienone is 1. The van der Waals surface area contributed by atoms with Crippen molar-refractivity contribution in [2.45, 2.75) is 19.9 Å². The number of fused-ring (bicyclic) bond motifs is 1. The quantitative estimate of drug-likeness (QED) is 0.414. The van der Waals surface area contributed by atoms with E-state index in [2.05, 4.69) is 36.9 Å². The Labute approximate surface area is 211 Å². The number of aromatic nitrogens is 1. The standard InChI is InChI=1S/C24H20Br2N2O4S/c1-4-32-23(30)19-13(2)27-24-28(20(19)15-8-6-5-7-9-15)22(29)18(33-24)12-14-10-16(25)21(31-3)17(26)11-14/h5-12,20H,4H2,1-3H3/b18-12-/t20-/m0/s1. The smallest absolute Gasteiger partial charge is 0.338 e. The third-order valence-corrected chi connectivity index (χ3v) is 7.32. The number of halogens is 2. The van der Waals surface area contributed by atoms with E-state index in [1.54, 1.807) is 25.5 Å². The molecule has 0 radical (unpaired) electrons. The van der Waals surface area contributed by atoms with E-state index in [-0.39, 0.29) is 12.2 Å². The molecule has 0 N–H and O–H groups in total. The van der Waals surface area contributed by atoms with Crippen molar-refractivity contribution in [2.24, 2.45) is 4.99 Å². The van der Waals surface area contributed by atoms with Gasteiger partial charge in [0.2, 0.25) is 0 Å². The van der Waals surface area contributed by atoms with Crippen LogP contribution in [0, 0.1) is 0 Å². The van der Waals surface area contributed by atoms with Gasteiger partial charge in [-0.2, -0.15) is 0 Å². The first-order valence-corrected chi connectivity index (χ1v) is 12.5. The normalized spacial score (nSPS) is 15.8. The summed E-state index contributed by atoms with van der Waals surface area (Å²) in [4.78, 5) is 31.6. The van der Waals surface area contributed by atoms with E-state index in [1.165, 1.54) is 11.3 Å². The second kappa shape index (κ2) is 9.79. The van der Waals surface area contributed by atoms with Gasteiger partial charge in [0.1, 0.15) is 5.75 Å². The Morgan fingerprint density at radius 3 is 2.48 bits per heavy atom. The molecule has 0 saturated carbocycles. The van der Waals surface area contributed by atoms with Gasteiger partial charge in [-0.25, -0.2) is 9.79 Å². The van der Waals surface area contributed by atoms with Crippen LogP contribution in [-0.4, -0.2) is 24.3 Å². The molecule has 9 heteroatoms. The number of rotatable bonds is 5. The van der Waals surface area contributed by atoms with Crippen LogP contribution < -0.4 is 19.6 Å². The molecule has 0 fully saturated rings. The van der Waals surface area contributed by atoms with E-state index in [4.69, 9.17) is 9.47 Å². The molecule has 33 heavy (non-hydrogen) atoms. The molecule has 0 bridgehead atoms. The topological polar surface area (TPSA) is 69.9 Å². The molecule has 0 aliphatic carbocycles. The zero-order valence-corrected chi connectivity index (χ0v) is 22.1. The average Bonchev–Trinajstić information content (AvgIpc) is 3.08. The Morgan fingerprint density at radius 1 is 1.21 bits per heavy atom. The zero-order chi connectivity index (χ0) is 23.7. The van der Waals surface area contributed by atoms with Gasteiger partial charge < -0.3 is 9.47 Å². The van der Waals surface area contributed by atoms with Gasteiger partial charge in [-0.1, -0.05) is 41.7 Å². The number of ether oxygens (including phenoxy) is 2. The lowest BCUT2D eigenvalue weighted by Crippen LogP contribution is -2.39. The highest BCUT2D eigenvalue weighted by Crippen LogP contribution is 2.34. The Balaban J connectivity index is 1.94. The van der Waals surface area contributed by atoms with Crippen LogP contribution in [0.5, 0.6) is 5.75 Å². The number of carbonyl (C=O) groups is 1. The Bertz CT molecular complexity index is 1420. The minimum Gasteiger partial charge on any atom is -0.494 e. The summed E-state index contributed by atoms with van der Waals surface area (Å²) in [5.74, 6) is 0.206. The zero-order valence-electron chi connectivity index (χ0n) is 18.1. The Kier molecular flexibility index (Phi) is 7.02. The summed E-state index contributed by atoms with van der Waals surface area (Å²) in [6.45, 7) is 3.77. The number of esters is 1. The van der Waals surface area contributed by atoms with E-state index in [1.807, 2.05) is 48.5 Å². The monoisotopic (exact) mass is 590 g/mol. The summed E-state index contributed by atoms with van der Waals surface area (Å²) in [6, 6.07) is 12.6. The lowest BCUT2D eigenvalue weighted by atomic mass is 9.96. The first-order valence-electron chi connectivity index (χ1n) is 10.1. The Morgan fingerprint density at radius 2 is 1.88 bits per heavy atom. The fraction of sp³-hybridized carbons (Fsp3) is 0.208. The largest absolute Gasteiger partial charge is 0.494 e. The van der Waals surface area contributed by atoms with Crippen LogP contribution in [-0.2, 0) is 9.53 Å². The molecule has 1 aliphatic heterocycles.